The largest absolute Gasteiger partial charge is 0.396 e. The third-order valence-corrected chi connectivity index (χ3v) is 3.91. The monoisotopic (exact) mass is 248 g/mol. The van der Waals surface area contributed by atoms with Crippen molar-refractivity contribution in [2.75, 3.05) is 19.8 Å². The highest BCUT2D eigenvalue weighted by molar-refractivity contribution is 5.21. The number of hydrogen-bond acceptors (Lipinski definition) is 2. The fraction of sp³-hybridized carbons (Fsp3) is 0.625. The maximum Gasteiger partial charge on any atom is 0.0468 e. The molecule has 0 amide bonds. The van der Waals surface area contributed by atoms with Gasteiger partial charge in [0.15, 0.2) is 0 Å². The molecule has 1 N–H and O–H groups in total. The molecule has 2 nitrogen and oxygen atoms in total. The maximum atomic E-state index is 9.54. The van der Waals surface area contributed by atoms with E-state index in [1.807, 2.05) is 0 Å². The molecule has 0 aromatic heterocycles. The summed E-state index contributed by atoms with van der Waals surface area (Å²) in [5.74, 6) is 1.14. The van der Waals surface area contributed by atoms with Crippen molar-refractivity contribution in [3.63, 3.8) is 0 Å². The molecule has 0 radical (unpaired) electrons. The van der Waals surface area contributed by atoms with Crippen molar-refractivity contribution in [3.05, 3.63) is 35.4 Å². The second kappa shape index (κ2) is 6.91. The van der Waals surface area contributed by atoms with Gasteiger partial charge in [-0.15, -0.1) is 0 Å². The van der Waals surface area contributed by atoms with Gasteiger partial charge in [-0.25, -0.2) is 0 Å². The van der Waals surface area contributed by atoms with Crippen LogP contribution in [0.3, 0.4) is 0 Å². The smallest absolute Gasteiger partial charge is 0.0468 e. The Morgan fingerprint density at radius 3 is 2.50 bits per heavy atom. The predicted molar refractivity (Wildman–Crippen MR) is 73.6 cm³/mol. The summed E-state index contributed by atoms with van der Waals surface area (Å²) >= 11 is 0. The fourth-order valence-electron chi connectivity index (χ4n) is 2.73. The third-order valence-electron chi connectivity index (χ3n) is 3.91. The van der Waals surface area contributed by atoms with Crippen LogP contribution in [-0.4, -0.2) is 24.9 Å². The van der Waals surface area contributed by atoms with Crippen LogP contribution in [0.25, 0.3) is 0 Å². The molecule has 1 aliphatic heterocycles. The van der Waals surface area contributed by atoms with Crippen LogP contribution in [-0.2, 0) is 11.2 Å². The number of benzene rings is 1. The van der Waals surface area contributed by atoms with Crippen molar-refractivity contribution >= 4 is 0 Å². The van der Waals surface area contributed by atoms with Gasteiger partial charge >= 0.3 is 0 Å². The highest BCUT2D eigenvalue weighted by atomic mass is 16.5. The van der Waals surface area contributed by atoms with Crippen LogP contribution < -0.4 is 0 Å². The zero-order chi connectivity index (χ0) is 12.8. The summed E-state index contributed by atoms with van der Waals surface area (Å²) in [6.07, 6.45) is 4.44. The second-order valence-corrected chi connectivity index (χ2v) is 5.53. The number of aliphatic hydroxyl groups is 1. The Morgan fingerprint density at radius 1 is 1.22 bits per heavy atom. The summed E-state index contributed by atoms with van der Waals surface area (Å²) < 4.78 is 5.38. The second-order valence-electron chi connectivity index (χ2n) is 5.53. The van der Waals surface area contributed by atoms with Gasteiger partial charge in [0.1, 0.15) is 0 Å². The van der Waals surface area contributed by atoms with E-state index in [1.54, 1.807) is 0 Å². The maximum absolute atomic E-state index is 9.54. The summed E-state index contributed by atoms with van der Waals surface area (Å²) in [4.78, 5) is 0. The van der Waals surface area contributed by atoms with Gasteiger partial charge in [0, 0.05) is 19.8 Å². The van der Waals surface area contributed by atoms with Crippen molar-refractivity contribution < 1.29 is 9.84 Å². The fourth-order valence-corrected chi connectivity index (χ4v) is 2.73. The van der Waals surface area contributed by atoms with Crippen molar-refractivity contribution in [1.82, 2.24) is 0 Å². The summed E-state index contributed by atoms with van der Waals surface area (Å²) in [6, 6.07) is 8.67. The summed E-state index contributed by atoms with van der Waals surface area (Å²) in [6.45, 7) is 4.20. The van der Waals surface area contributed by atoms with E-state index in [0.29, 0.717) is 12.5 Å². The molecule has 100 valence electrons. The van der Waals surface area contributed by atoms with Crippen LogP contribution in [0, 0.1) is 18.8 Å². The Labute approximate surface area is 110 Å². The van der Waals surface area contributed by atoms with Gasteiger partial charge in [-0.1, -0.05) is 29.8 Å². The highest BCUT2D eigenvalue weighted by Gasteiger charge is 2.19. The minimum atomic E-state index is 0.297. The minimum absolute atomic E-state index is 0.297. The zero-order valence-electron chi connectivity index (χ0n) is 11.3. The lowest BCUT2D eigenvalue weighted by Crippen LogP contribution is -2.21. The molecular formula is C16H24O2. The summed E-state index contributed by atoms with van der Waals surface area (Å²) in [5, 5.41) is 9.54. The van der Waals surface area contributed by atoms with Gasteiger partial charge < -0.3 is 9.84 Å². The number of aryl methyl sites for hydroxylation is 1. The highest BCUT2D eigenvalue weighted by Crippen LogP contribution is 2.25. The number of aliphatic hydroxyl groups excluding tert-OH is 1. The molecular weight excluding hydrogens is 224 g/mol. The topological polar surface area (TPSA) is 29.5 Å². The Bertz CT molecular complexity index is 339. The molecule has 1 fully saturated rings. The first-order valence-corrected chi connectivity index (χ1v) is 7.02. The van der Waals surface area contributed by atoms with Gasteiger partial charge in [0.05, 0.1) is 0 Å². The van der Waals surface area contributed by atoms with Gasteiger partial charge in [-0.05, 0) is 50.0 Å². The van der Waals surface area contributed by atoms with Crippen molar-refractivity contribution in [3.8, 4) is 0 Å². The lowest BCUT2D eigenvalue weighted by molar-refractivity contribution is 0.0540. The molecule has 0 spiro atoms. The SMILES string of the molecule is Cc1ccc(CC(CO)CC2CCOCC2)cc1. The average Bonchev–Trinajstić information content (AvgIpc) is 2.41. The van der Waals surface area contributed by atoms with Gasteiger partial charge in [0.2, 0.25) is 0 Å². The lowest BCUT2D eigenvalue weighted by Gasteiger charge is -2.25. The first-order valence-electron chi connectivity index (χ1n) is 7.02. The first-order chi connectivity index (χ1) is 8.78. The average molecular weight is 248 g/mol. The molecule has 1 saturated heterocycles. The Balaban J connectivity index is 1.86. The molecule has 0 bridgehead atoms. The predicted octanol–water partition coefficient (Wildman–Crippen LogP) is 2.96. The zero-order valence-corrected chi connectivity index (χ0v) is 11.3. The molecule has 1 atom stereocenters. The molecule has 0 aliphatic carbocycles. The van der Waals surface area contributed by atoms with Crippen LogP contribution in [0.1, 0.15) is 30.4 Å². The molecule has 1 aromatic rings. The summed E-state index contributed by atoms with van der Waals surface area (Å²) in [7, 11) is 0. The number of ether oxygens (including phenoxy) is 1. The van der Waals surface area contributed by atoms with E-state index in [0.717, 1.165) is 44.8 Å². The van der Waals surface area contributed by atoms with Gasteiger partial charge in [-0.3, -0.25) is 0 Å². The van der Waals surface area contributed by atoms with Crippen molar-refractivity contribution in [2.45, 2.75) is 32.6 Å². The van der Waals surface area contributed by atoms with E-state index >= 15 is 0 Å². The Kier molecular flexibility index (Phi) is 5.21. The number of rotatable bonds is 5. The molecule has 1 aromatic carbocycles. The van der Waals surface area contributed by atoms with Crippen LogP contribution in [0.5, 0.6) is 0 Å². The normalized spacial score (nSPS) is 18.8. The quantitative estimate of drug-likeness (QED) is 0.868. The molecule has 1 unspecified atom stereocenters. The van der Waals surface area contributed by atoms with Crippen LogP contribution >= 0.6 is 0 Å². The van der Waals surface area contributed by atoms with E-state index in [-0.39, 0.29) is 0 Å². The minimum Gasteiger partial charge on any atom is -0.396 e. The van der Waals surface area contributed by atoms with E-state index in [2.05, 4.69) is 31.2 Å². The molecule has 1 aliphatic rings. The summed E-state index contributed by atoms with van der Waals surface area (Å²) in [5.41, 5.74) is 2.63. The number of hydrogen-bond donors (Lipinski definition) is 1. The molecule has 18 heavy (non-hydrogen) atoms. The standard InChI is InChI=1S/C16H24O2/c1-13-2-4-14(5-3-13)10-16(12-17)11-15-6-8-18-9-7-15/h2-5,15-17H,6-12H2,1H3. The molecule has 2 rings (SSSR count). The first kappa shape index (κ1) is 13.6. The molecule has 0 saturated carbocycles. The van der Waals surface area contributed by atoms with Crippen LogP contribution in [0.2, 0.25) is 0 Å². The Hall–Kier alpha value is -0.860. The molecule has 2 heteroatoms. The van der Waals surface area contributed by atoms with E-state index in [1.165, 1.54) is 11.1 Å². The van der Waals surface area contributed by atoms with Crippen LogP contribution in [0.15, 0.2) is 24.3 Å². The van der Waals surface area contributed by atoms with Crippen molar-refractivity contribution in [2.24, 2.45) is 11.8 Å². The lowest BCUT2D eigenvalue weighted by atomic mass is 9.86. The molecule has 1 heterocycles. The third kappa shape index (κ3) is 4.11. The van der Waals surface area contributed by atoms with Gasteiger partial charge in [-0.2, -0.15) is 0 Å². The Morgan fingerprint density at radius 2 is 1.89 bits per heavy atom. The van der Waals surface area contributed by atoms with E-state index < -0.39 is 0 Å². The van der Waals surface area contributed by atoms with E-state index in [4.69, 9.17) is 4.74 Å². The van der Waals surface area contributed by atoms with Crippen molar-refractivity contribution in [1.29, 1.82) is 0 Å². The van der Waals surface area contributed by atoms with E-state index in [9.17, 15) is 5.11 Å². The van der Waals surface area contributed by atoms with Gasteiger partial charge in [0.25, 0.3) is 0 Å². The van der Waals surface area contributed by atoms with Crippen LogP contribution in [0.4, 0.5) is 0 Å².